The van der Waals surface area contributed by atoms with Crippen molar-refractivity contribution in [1.29, 1.82) is 0 Å². The summed E-state index contributed by atoms with van der Waals surface area (Å²) in [5, 5.41) is 10.4. The highest BCUT2D eigenvalue weighted by Gasteiger charge is 1.94. The van der Waals surface area contributed by atoms with Crippen LogP contribution in [0.4, 0.5) is 5.69 Å². The summed E-state index contributed by atoms with van der Waals surface area (Å²) >= 11 is 1.47. The van der Waals surface area contributed by atoms with Gasteiger partial charge in [0.25, 0.3) is 0 Å². The Morgan fingerprint density at radius 3 is 2.75 bits per heavy atom. The SMILES string of the molecule is Nc1ccsc1CO. The summed E-state index contributed by atoms with van der Waals surface area (Å²) in [4.78, 5) is 0.852. The number of aliphatic hydroxyl groups is 1. The van der Waals surface area contributed by atoms with Gasteiger partial charge in [-0.05, 0) is 11.4 Å². The minimum atomic E-state index is 0.0590. The summed E-state index contributed by atoms with van der Waals surface area (Å²) in [5.74, 6) is 0. The molecule has 0 saturated carbocycles. The van der Waals surface area contributed by atoms with Crippen LogP contribution in [0.25, 0.3) is 0 Å². The van der Waals surface area contributed by atoms with Crippen molar-refractivity contribution in [3.05, 3.63) is 16.3 Å². The zero-order valence-corrected chi connectivity index (χ0v) is 5.11. The monoisotopic (exact) mass is 129 g/mol. The van der Waals surface area contributed by atoms with Gasteiger partial charge in [0.15, 0.2) is 0 Å². The van der Waals surface area contributed by atoms with Gasteiger partial charge in [0, 0.05) is 5.69 Å². The van der Waals surface area contributed by atoms with Crippen LogP contribution in [0, 0.1) is 0 Å². The molecule has 0 aliphatic carbocycles. The van der Waals surface area contributed by atoms with Crippen LogP contribution in [0.5, 0.6) is 0 Å². The molecule has 44 valence electrons. The predicted octanol–water partition coefficient (Wildman–Crippen LogP) is 0.823. The molecule has 0 amide bonds. The molecular weight excluding hydrogens is 122 g/mol. The molecule has 0 fully saturated rings. The van der Waals surface area contributed by atoms with E-state index < -0.39 is 0 Å². The quantitative estimate of drug-likeness (QED) is 0.589. The van der Waals surface area contributed by atoms with Crippen LogP contribution in [0.1, 0.15) is 4.88 Å². The largest absolute Gasteiger partial charge is 0.398 e. The van der Waals surface area contributed by atoms with E-state index in [0.717, 1.165) is 4.88 Å². The van der Waals surface area contributed by atoms with Crippen molar-refractivity contribution < 1.29 is 5.11 Å². The van der Waals surface area contributed by atoms with Crippen LogP contribution in [-0.4, -0.2) is 5.11 Å². The van der Waals surface area contributed by atoms with E-state index in [1.54, 1.807) is 6.07 Å². The molecule has 1 heterocycles. The molecule has 0 spiro atoms. The summed E-state index contributed by atoms with van der Waals surface area (Å²) in [5.41, 5.74) is 6.09. The zero-order chi connectivity index (χ0) is 5.98. The molecule has 3 N–H and O–H groups in total. The minimum Gasteiger partial charge on any atom is -0.398 e. The summed E-state index contributed by atoms with van der Waals surface area (Å²) in [7, 11) is 0. The van der Waals surface area contributed by atoms with Crippen molar-refractivity contribution in [2.45, 2.75) is 6.61 Å². The molecule has 8 heavy (non-hydrogen) atoms. The van der Waals surface area contributed by atoms with E-state index in [0.29, 0.717) is 5.69 Å². The lowest BCUT2D eigenvalue weighted by molar-refractivity contribution is 0.286. The van der Waals surface area contributed by atoms with Gasteiger partial charge in [-0.1, -0.05) is 0 Å². The van der Waals surface area contributed by atoms with Gasteiger partial charge in [-0.2, -0.15) is 0 Å². The first-order chi connectivity index (χ1) is 3.84. The lowest BCUT2D eigenvalue weighted by Crippen LogP contribution is -1.85. The lowest BCUT2D eigenvalue weighted by atomic mass is 10.4. The molecule has 0 aliphatic heterocycles. The van der Waals surface area contributed by atoms with E-state index in [9.17, 15) is 0 Å². The van der Waals surface area contributed by atoms with E-state index >= 15 is 0 Å². The highest BCUT2D eigenvalue weighted by Crippen LogP contribution is 2.17. The number of hydrogen-bond acceptors (Lipinski definition) is 3. The molecule has 0 unspecified atom stereocenters. The molecule has 0 saturated heterocycles. The van der Waals surface area contributed by atoms with Crippen molar-refractivity contribution in [3.8, 4) is 0 Å². The smallest absolute Gasteiger partial charge is 0.0795 e. The Morgan fingerprint density at radius 1 is 1.75 bits per heavy atom. The van der Waals surface area contributed by atoms with Crippen LogP contribution < -0.4 is 5.73 Å². The van der Waals surface area contributed by atoms with E-state index in [1.165, 1.54) is 11.3 Å². The van der Waals surface area contributed by atoms with E-state index in [2.05, 4.69) is 0 Å². The van der Waals surface area contributed by atoms with Gasteiger partial charge in [0.2, 0.25) is 0 Å². The first-order valence-electron chi connectivity index (χ1n) is 2.27. The highest BCUT2D eigenvalue weighted by atomic mass is 32.1. The van der Waals surface area contributed by atoms with Gasteiger partial charge in [-0.15, -0.1) is 11.3 Å². The minimum absolute atomic E-state index is 0.0590. The second-order valence-corrected chi connectivity index (χ2v) is 2.46. The van der Waals surface area contributed by atoms with Crippen LogP contribution in [0.15, 0.2) is 11.4 Å². The fraction of sp³-hybridized carbons (Fsp3) is 0.200. The number of aliphatic hydroxyl groups excluding tert-OH is 1. The number of rotatable bonds is 1. The maximum atomic E-state index is 8.54. The molecule has 3 heteroatoms. The van der Waals surface area contributed by atoms with Crippen molar-refractivity contribution >= 4 is 17.0 Å². The number of thiophene rings is 1. The number of anilines is 1. The third-order valence-corrected chi connectivity index (χ3v) is 1.84. The second kappa shape index (κ2) is 2.15. The molecule has 1 aromatic rings. The summed E-state index contributed by atoms with van der Waals surface area (Å²) in [6.45, 7) is 0.0590. The van der Waals surface area contributed by atoms with E-state index in [-0.39, 0.29) is 6.61 Å². The van der Waals surface area contributed by atoms with Gasteiger partial charge >= 0.3 is 0 Å². The first-order valence-corrected chi connectivity index (χ1v) is 3.15. The Kier molecular flexibility index (Phi) is 1.50. The molecule has 2 nitrogen and oxygen atoms in total. The topological polar surface area (TPSA) is 46.2 Å². The van der Waals surface area contributed by atoms with Gasteiger partial charge in [0.05, 0.1) is 11.5 Å². The van der Waals surface area contributed by atoms with Crippen molar-refractivity contribution in [1.82, 2.24) is 0 Å². The average Bonchev–Trinajstić information content (AvgIpc) is 2.14. The average molecular weight is 129 g/mol. The third-order valence-electron chi connectivity index (χ3n) is 0.923. The van der Waals surface area contributed by atoms with Crippen LogP contribution >= 0.6 is 11.3 Å². The number of nitrogen functional groups attached to an aromatic ring is 1. The summed E-state index contributed by atoms with van der Waals surface area (Å²) in [6.07, 6.45) is 0. The fourth-order valence-electron chi connectivity index (χ4n) is 0.479. The maximum Gasteiger partial charge on any atom is 0.0795 e. The Balaban J connectivity index is 2.92. The Hall–Kier alpha value is -0.540. The van der Waals surface area contributed by atoms with Gasteiger partial charge in [0.1, 0.15) is 0 Å². The van der Waals surface area contributed by atoms with Crippen LogP contribution in [0.2, 0.25) is 0 Å². The van der Waals surface area contributed by atoms with Gasteiger partial charge in [-0.25, -0.2) is 0 Å². The van der Waals surface area contributed by atoms with E-state index in [4.69, 9.17) is 10.8 Å². The standard InChI is InChI=1S/C5H7NOS/c6-4-1-2-8-5(4)3-7/h1-2,7H,3,6H2. The molecule has 0 aliphatic rings. The van der Waals surface area contributed by atoms with Crippen molar-refractivity contribution in [2.24, 2.45) is 0 Å². The van der Waals surface area contributed by atoms with Crippen molar-refractivity contribution in [3.63, 3.8) is 0 Å². The molecule has 1 aromatic heterocycles. The van der Waals surface area contributed by atoms with Crippen LogP contribution in [0.3, 0.4) is 0 Å². The summed E-state index contributed by atoms with van der Waals surface area (Å²) < 4.78 is 0. The molecule has 0 atom stereocenters. The summed E-state index contributed by atoms with van der Waals surface area (Å²) in [6, 6.07) is 1.79. The lowest BCUT2D eigenvalue weighted by Gasteiger charge is -1.87. The Labute approximate surface area is 51.6 Å². The molecule has 0 bridgehead atoms. The first kappa shape index (κ1) is 5.59. The fourth-order valence-corrected chi connectivity index (χ4v) is 1.14. The normalized spacial score (nSPS) is 9.62. The predicted molar refractivity (Wildman–Crippen MR) is 34.7 cm³/mol. The third kappa shape index (κ3) is 0.827. The van der Waals surface area contributed by atoms with Crippen molar-refractivity contribution in [2.75, 3.05) is 5.73 Å². The van der Waals surface area contributed by atoms with Gasteiger partial charge < -0.3 is 10.8 Å². The number of nitrogens with two attached hydrogens (primary N) is 1. The highest BCUT2D eigenvalue weighted by molar-refractivity contribution is 7.10. The van der Waals surface area contributed by atoms with Crippen LogP contribution in [-0.2, 0) is 6.61 Å². The molecule has 0 aromatic carbocycles. The zero-order valence-electron chi connectivity index (χ0n) is 4.29. The molecular formula is C5H7NOS. The Bertz CT molecular complexity index is 173. The second-order valence-electron chi connectivity index (χ2n) is 1.46. The molecule has 0 radical (unpaired) electrons. The number of hydrogen-bond donors (Lipinski definition) is 2. The van der Waals surface area contributed by atoms with Gasteiger partial charge in [-0.3, -0.25) is 0 Å². The maximum absolute atomic E-state index is 8.54. The molecule has 1 rings (SSSR count). The Morgan fingerprint density at radius 2 is 2.50 bits per heavy atom. The van der Waals surface area contributed by atoms with E-state index in [1.807, 2.05) is 5.38 Å².